The van der Waals surface area contributed by atoms with Crippen LogP contribution in [0.25, 0.3) is 0 Å². The van der Waals surface area contributed by atoms with Gasteiger partial charge in [0.15, 0.2) is 0 Å². The van der Waals surface area contributed by atoms with Crippen molar-refractivity contribution in [2.24, 2.45) is 0 Å². The molecule has 0 radical (unpaired) electrons. The summed E-state index contributed by atoms with van der Waals surface area (Å²) in [6.45, 7) is 0. The molecular weight excluding hydrogens is 260 g/mol. The third kappa shape index (κ3) is 3.83. The maximum absolute atomic E-state index is 11.1. The number of ether oxygens (including phenoxy) is 1. The summed E-state index contributed by atoms with van der Waals surface area (Å²) in [5, 5.41) is 0.134. The Kier molecular flexibility index (Phi) is 5.04. The Morgan fingerprint density at radius 1 is 1.40 bits per heavy atom. The van der Waals surface area contributed by atoms with Crippen LogP contribution in [0, 0.1) is 0 Å². The quantitative estimate of drug-likeness (QED) is 0.468. The van der Waals surface area contributed by atoms with E-state index in [0.717, 1.165) is 11.8 Å². The number of halogens is 1. The number of hydrogen-bond acceptors (Lipinski definition) is 3. The van der Waals surface area contributed by atoms with Crippen molar-refractivity contribution < 1.29 is 14.3 Å². The van der Waals surface area contributed by atoms with Crippen LogP contribution in [0.15, 0.2) is 30.3 Å². The van der Waals surface area contributed by atoms with Crippen LogP contribution in [0.4, 0.5) is 0 Å². The van der Waals surface area contributed by atoms with Crippen LogP contribution < -0.4 is 0 Å². The number of hydrogen-bond donors (Lipinski definition) is 0. The zero-order valence-electron chi connectivity index (χ0n) is 8.06. The molecule has 0 aliphatic heterocycles. The van der Waals surface area contributed by atoms with Crippen molar-refractivity contribution in [2.75, 3.05) is 5.33 Å². The van der Waals surface area contributed by atoms with Crippen molar-refractivity contribution in [3.63, 3.8) is 0 Å². The predicted molar refractivity (Wildman–Crippen MR) is 59.8 cm³/mol. The molecule has 3 nitrogen and oxygen atoms in total. The van der Waals surface area contributed by atoms with Gasteiger partial charge in [-0.05, 0) is 5.56 Å². The lowest BCUT2D eigenvalue weighted by Gasteiger charge is -2.14. The van der Waals surface area contributed by atoms with Crippen LogP contribution in [0.3, 0.4) is 0 Å². The minimum atomic E-state index is -0.478. The molecule has 0 saturated carbocycles. The van der Waals surface area contributed by atoms with Crippen molar-refractivity contribution in [3.05, 3.63) is 35.9 Å². The van der Waals surface area contributed by atoms with Crippen molar-refractivity contribution in [1.29, 1.82) is 0 Å². The molecule has 0 aromatic heterocycles. The smallest absolute Gasteiger partial charge is 0.317 e. The summed E-state index contributed by atoms with van der Waals surface area (Å²) in [6.07, 6.45) is 0.454. The van der Waals surface area contributed by atoms with Gasteiger partial charge < -0.3 is 9.53 Å². The van der Waals surface area contributed by atoms with Crippen LogP contribution >= 0.6 is 15.9 Å². The number of carbonyl (C=O) groups is 2. The summed E-state index contributed by atoms with van der Waals surface area (Å²) in [7, 11) is 0. The molecule has 0 aliphatic rings. The molecule has 0 aliphatic carbocycles. The maximum atomic E-state index is 11.1. The summed E-state index contributed by atoms with van der Waals surface area (Å²) in [4.78, 5) is 21.5. The second-order valence-electron chi connectivity index (χ2n) is 2.93. The number of carbonyl (C=O) groups excluding carboxylic acids is 2. The number of rotatable bonds is 5. The molecule has 0 heterocycles. The van der Waals surface area contributed by atoms with E-state index < -0.39 is 6.10 Å². The van der Waals surface area contributed by atoms with Crippen molar-refractivity contribution >= 4 is 28.2 Å². The van der Waals surface area contributed by atoms with Gasteiger partial charge in [-0.3, -0.25) is 4.79 Å². The first kappa shape index (κ1) is 11.9. The van der Waals surface area contributed by atoms with Crippen LogP contribution in [0.5, 0.6) is 0 Å². The van der Waals surface area contributed by atoms with Crippen LogP contribution in [-0.4, -0.2) is 17.6 Å². The monoisotopic (exact) mass is 270 g/mol. The normalized spacial score (nSPS) is 11.8. The van der Waals surface area contributed by atoms with Crippen molar-refractivity contribution in [3.8, 4) is 0 Å². The maximum Gasteiger partial charge on any atom is 0.317 e. The summed E-state index contributed by atoms with van der Waals surface area (Å²) in [6, 6.07) is 9.21. The molecule has 4 heteroatoms. The summed E-state index contributed by atoms with van der Waals surface area (Å²) in [5.41, 5.74) is 0.832. The van der Waals surface area contributed by atoms with Gasteiger partial charge in [0.1, 0.15) is 17.7 Å². The highest BCUT2D eigenvalue weighted by Crippen LogP contribution is 2.20. The first-order chi connectivity index (χ1) is 7.27. The number of aldehydes is 1. The average molecular weight is 271 g/mol. The Labute approximate surface area is 96.6 Å². The largest absolute Gasteiger partial charge is 0.456 e. The molecule has 1 atom stereocenters. The zero-order chi connectivity index (χ0) is 11.1. The molecule has 1 aromatic carbocycles. The fraction of sp³-hybridized carbons (Fsp3) is 0.273. The first-order valence-corrected chi connectivity index (χ1v) is 5.64. The fourth-order valence-electron chi connectivity index (χ4n) is 1.20. The van der Waals surface area contributed by atoms with Crippen molar-refractivity contribution in [1.82, 2.24) is 0 Å². The Hall–Kier alpha value is -1.16. The molecule has 80 valence electrons. The van der Waals surface area contributed by atoms with Crippen LogP contribution in [0.1, 0.15) is 18.1 Å². The lowest BCUT2D eigenvalue weighted by Crippen LogP contribution is -2.12. The van der Waals surface area contributed by atoms with Crippen molar-refractivity contribution in [2.45, 2.75) is 12.5 Å². The number of benzene rings is 1. The molecule has 0 N–H and O–H groups in total. The molecule has 0 saturated heterocycles. The van der Waals surface area contributed by atoms with E-state index in [4.69, 9.17) is 4.74 Å². The zero-order valence-corrected chi connectivity index (χ0v) is 9.64. The third-order valence-corrected chi connectivity index (χ3v) is 2.32. The Bertz CT molecular complexity index is 324. The number of esters is 1. The lowest BCUT2D eigenvalue weighted by molar-refractivity contribution is -0.146. The fourth-order valence-corrected chi connectivity index (χ4v) is 1.33. The van der Waals surface area contributed by atoms with E-state index in [1.54, 1.807) is 0 Å². The first-order valence-electron chi connectivity index (χ1n) is 4.52. The SMILES string of the molecule is O=CC[C@H](OC(=O)CBr)c1ccccc1. The van der Waals surface area contributed by atoms with Gasteiger partial charge in [0.25, 0.3) is 0 Å². The van der Waals surface area contributed by atoms with E-state index in [-0.39, 0.29) is 17.7 Å². The van der Waals surface area contributed by atoms with Gasteiger partial charge in [0, 0.05) is 6.42 Å². The molecule has 0 amide bonds. The van der Waals surface area contributed by atoms with E-state index in [1.165, 1.54) is 0 Å². The van der Waals surface area contributed by atoms with E-state index in [2.05, 4.69) is 15.9 Å². The highest BCUT2D eigenvalue weighted by atomic mass is 79.9. The molecule has 1 aromatic rings. The molecule has 0 bridgehead atoms. The van der Waals surface area contributed by atoms with Gasteiger partial charge >= 0.3 is 5.97 Å². The van der Waals surface area contributed by atoms with Crippen LogP contribution in [0.2, 0.25) is 0 Å². The molecular formula is C11H11BrO3. The second-order valence-corrected chi connectivity index (χ2v) is 3.49. The number of alkyl halides is 1. The van der Waals surface area contributed by atoms with E-state index >= 15 is 0 Å². The lowest BCUT2D eigenvalue weighted by atomic mass is 10.1. The molecule has 0 spiro atoms. The second kappa shape index (κ2) is 6.35. The van der Waals surface area contributed by atoms with Gasteiger partial charge in [0.05, 0.1) is 0 Å². The van der Waals surface area contributed by atoms with Gasteiger partial charge in [-0.2, -0.15) is 0 Å². The van der Waals surface area contributed by atoms with Gasteiger partial charge in [-0.25, -0.2) is 0 Å². The minimum Gasteiger partial charge on any atom is -0.456 e. The van der Waals surface area contributed by atoms with Gasteiger partial charge in [0.2, 0.25) is 0 Å². The molecule has 1 rings (SSSR count). The summed E-state index contributed by atoms with van der Waals surface area (Å²) in [5.74, 6) is -0.370. The third-order valence-electron chi connectivity index (χ3n) is 1.86. The topological polar surface area (TPSA) is 43.4 Å². The predicted octanol–water partition coefficient (Wildman–Crippen LogP) is 2.25. The average Bonchev–Trinajstić information content (AvgIpc) is 2.29. The van der Waals surface area contributed by atoms with E-state index in [0.29, 0.717) is 0 Å². The Morgan fingerprint density at radius 2 is 2.07 bits per heavy atom. The standard InChI is InChI=1S/C11H11BrO3/c12-8-11(14)15-10(6-7-13)9-4-2-1-3-5-9/h1-5,7,10H,6,8H2/t10-/m0/s1. The summed E-state index contributed by atoms with van der Waals surface area (Å²) >= 11 is 3.00. The van der Waals surface area contributed by atoms with Gasteiger partial charge in [-0.1, -0.05) is 46.3 Å². The Morgan fingerprint density at radius 3 is 2.60 bits per heavy atom. The van der Waals surface area contributed by atoms with Gasteiger partial charge in [-0.15, -0.1) is 0 Å². The van der Waals surface area contributed by atoms with Crippen LogP contribution in [-0.2, 0) is 14.3 Å². The van der Waals surface area contributed by atoms with E-state index in [9.17, 15) is 9.59 Å². The highest BCUT2D eigenvalue weighted by molar-refractivity contribution is 9.09. The Balaban J connectivity index is 2.74. The highest BCUT2D eigenvalue weighted by Gasteiger charge is 2.14. The molecule has 0 unspecified atom stereocenters. The summed E-state index contributed by atoms with van der Waals surface area (Å²) < 4.78 is 5.11. The molecule has 15 heavy (non-hydrogen) atoms. The molecule has 0 fully saturated rings. The van der Waals surface area contributed by atoms with E-state index in [1.807, 2.05) is 30.3 Å². The minimum absolute atomic E-state index is 0.134.